The largest absolute Gasteiger partial charge is 0.414 e. The fourth-order valence-corrected chi connectivity index (χ4v) is 10.5. The Morgan fingerprint density at radius 3 is 2.39 bits per heavy atom. The second-order valence-electron chi connectivity index (χ2n) is 15.9. The Hall–Kier alpha value is -0.413. The fraction of sp³-hybridized carbons (Fsp3) is 0.909. The molecule has 4 rings (SSSR count). The number of ketones is 1. The van der Waals surface area contributed by atoms with Crippen LogP contribution in [-0.2, 0) is 9.22 Å². The van der Waals surface area contributed by atoms with E-state index in [9.17, 15) is 4.79 Å². The van der Waals surface area contributed by atoms with E-state index in [4.69, 9.17) is 4.43 Å². The van der Waals surface area contributed by atoms with Crippen LogP contribution in [0.3, 0.4) is 0 Å². The first kappa shape index (κ1) is 28.6. The maximum Gasteiger partial charge on any atom is 0.192 e. The third-order valence-electron chi connectivity index (χ3n) is 12.6. The van der Waals surface area contributed by atoms with Gasteiger partial charge in [-0.15, -0.1) is 0 Å². The summed E-state index contributed by atoms with van der Waals surface area (Å²) in [6.45, 7) is 23.8. The topological polar surface area (TPSA) is 26.3 Å². The van der Waals surface area contributed by atoms with Gasteiger partial charge in [0.05, 0.1) is 0 Å². The number of Topliss-reactive ketones (excluding diaryl/α,β-unsaturated/α-hetero) is 1. The van der Waals surface area contributed by atoms with Crippen LogP contribution in [0, 0.1) is 46.3 Å². The molecule has 0 radical (unpaired) electrons. The van der Waals surface area contributed by atoms with Gasteiger partial charge in [-0.05, 0) is 116 Å². The van der Waals surface area contributed by atoms with Gasteiger partial charge in [-0.25, -0.2) is 0 Å². The van der Waals surface area contributed by atoms with E-state index in [1.807, 2.05) is 0 Å². The molecule has 36 heavy (non-hydrogen) atoms. The minimum absolute atomic E-state index is 0.186. The zero-order chi connectivity index (χ0) is 26.7. The first-order valence-electron chi connectivity index (χ1n) is 15.5. The van der Waals surface area contributed by atoms with Gasteiger partial charge in [0.15, 0.2) is 8.32 Å². The zero-order valence-corrected chi connectivity index (χ0v) is 26.5. The van der Waals surface area contributed by atoms with Gasteiger partial charge in [-0.1, -0.05) is 67.0 Å². The lowest BCUT2D eigenvalue weighted by Crippen LogP contribution is -2.52. The van der Waals surface area contributed by atoms with E-state index in [2.05, 4.69) is 74.6 Å². The van der Waals surface area contributed by atoms with Gasteiger partial charge < -0.3 is 4.43 Å². The SMILES string of the molecule is CC(C)C(=O)CC[C@@H](C)[C@H]1CC[C@H]2[C@@H]3CC=C4C[C@@H](O[Si](C)(C)C(C)(C)C)CC[C@]4(C)[C@H]3CC[C@]12C. The van der Waals surface area contributed by atoms with Gasteiger partial charge in [0.2, 0.25) is 0 Å². The average molecular weight is 515 g/mol. The van der Waals surface area contributed by atoms with Crippen molar-refractivity contribution < 1.29 is 9.22 Å². The molecule has 0 aromatic rings. The molecule has 206 valence electrons. The van der Waals surface area contributed by atoms with E-state index >= 15 is 0 Å². The predicted octanol–water partition coefficient (Wildman–Crippen LogP) is 9.60. The van der Waals surface area contributed by atoms with Crippen LogP contribution in [-0.4, -0.2) is 20.2 Å². The van der Waals surface area contributed by atoms with Crippen LogP contribution in [0.5, 0.6) is 0 Å². The molecule has 3 saturated carbocycles. The van der Waals surface area contributed by atoms with Crippen LogP contribution in [0.2, 0.25) is 18.1 Å². The maximum atomic E-state index is 12.3. The van der Waals surface area contributed by atoms with Gasteiger partial charge >= 0.3 is 0 Å². The lowest BCUT2D eigenvalue weighted by Gasteiger charge is -2.59. The van der Waals surface area contributed by atoms with Crippen molar-refractivity contribution in [2.45, 2.75) is 144 Å². The van der Waals surface area contributed by atoms with Crippen molar-refractivity contribution in [2.24, 2.45) is 46.3 Å². The Kier molecular flexibility index (Phi) is 7.91. The van der Waals surface area contributed by atoms with Crippen LogP contribution in [0.1, 0.15) is 120 Å². The summed E-state index contributed by atoms with van der Waals surface area (Å²) < 4.78 is 6.93. The molecule has 0 amide bonds. The highest BCUT2D eigenvalue weighted by atomic mass is 28.4. The lowest BCUT2D eigenvalue weighted by molar-refractivity contribution is -0.122. The molecule has 0 heterocycles. The normalized spacial score (nSPS) is 39.8. The Bertz CT molecular complexity index is 850. The number of fused-ring (bicyclic) bond motifs is 5. The molecule has 0 aromatic heterocycles. The summed E-state index contributed by atoms with van der Waals surface area (Å²) in [5.74, 6) is 4.72. The van der Waals surface area contributed by atoms with Crippen molar-refractivity contribution in [1.29, 1.82) is 0 Å². The van der Waals surface area contributed by atoms with E-state index in [1.54, 1.807) is 5.57 Å². The second kappa shape index (κ2) is 9.96. The zero-order valence-electron chi connectivity index (χ0n) is 25.5. The van der Waals surface area contributed by atoms with Crippen LogP contribution < -0.4 is 0 Å². The summed E-state index contributed by atoms with van der Waals surface area (Å²) in [6, 6.07) is 0. The third kappa shape index (κ3) is 4.98. The van der Waals surface area contributed by atoms with E-state index in [-0.39, 0.29) is 11.0 Å². The average Bonchev–Trinajstić information content (AvgIpc) is 3.13. The van der Waals surface area contributed by atoms with E-state index in [1.165, 1.54) is 51.4 Å². The third-order valence-corrected chi connectivity index (χ3v) is 17.1. The quantitative estimate of drug-likeness (QED) is 0.250. The minimum atomic E-state index is -1.72. The van der Waals surface area contributed by atoms with Gasteiger partial charge in [-0.3, -0.25) is 4.79 Å². The summed E-state index contributed by atoms with van der Waals surface area (Å²) >= 11 is 0. The minimum Gasteiger partial charge on any atom is -0.414 e. The molecule has 3 heteroatoms. The first-order valence-corrected chi connectivity index (χ1v) is 18.4. The van der Waals surface area contributed by atoms with Gasteiger partial charge in [0.25, 0.3) is 0 Å². The van der Waals surface area contributed by atoms with Crippen LogP contribution in [0.25, 0.3) is 0 Å². The molecular weight excluding hydrogens is 456 g/mol. The van der Waals surface area contributed by atoms with Crippen LogP contribution >= 0.6 is 0 Å². The summed E-state index contributed by atoms with van der Waals surface area (Å²) in [4.78, 5) is 12.3. The van der Waals surface area contributed by atoms with Crippen LogP contribution in [0.15, 0.2) is 11.6 Å². The molecule has 4 aliphatic carbocycles. The lowest BCUT2D eigenvalue weighted by atomic mass is 9.47. The van der Waals surface area contributed by atoms with Crippen molar-refractivity contribution in [3.8, 4) is 0 Å². The summed E-state index contributed by atoms with van der Waals surface area (Å²) in [5, 5.41) is 0.284. The molecular formula is C33H58O2Si. The molecule has 4 aliphatic rings. The molecule has 0 saturated heterocycles. The molecule has 0 aromatic carbocycles. The highest BCUT2D eigenvalue weighted by Crippen LogP contribution is 2.67. The smallest absolute Gasteiger partial charge is 0.192 e. The monoisotopic (exact) mass is 514 g/mol. The number of carbonyl (C=O) groups excluding carboxylic acids is 1. The second-order valence-corrected chi connectivity index (χ2v) is 20.6. The van der Waals surface area contributed by atoms with E-state index in [0.29, 0.717) is 28.6 Å². The molecule has 8 atom stereocenters. The van der Waals surface area contributed by atoms with Crippen molar-refractivity contribution in [1.82, 2.24) is 0 Å². The van der Waals surface area contributed by atoms with Crippen molar-refractivity contribution >= 4 is 14.1 Å². The summed E-state index contributed by atoms with van der Waals surface area (Å²) in [7, 11) is -1.72. The Morgan fingerprint density at radius 2 is 1.75 bits per heavy atom. The molecule has 2 nitrogen and oxygen atoms in total. The van der Waals surface area contributed by atoms with Crippen molar-refractivity contribution in [2.75, 3.05) is 0 Å². The van der Waals surface area contributed by atoms with E-state index in [0.717, 1.165) is 36.5 Å². The standard InChI is InChI=1S/C33H58O2Si/c1-22(2)30(34)16-11-23(3)27-14-15-28-26-13-12-24-21-25(35-36(9,10)31(4,5)6)17-19-32(24,7)29(26)18-20-33(27,28)8/h12,22-23,25-29H,11,13-21H2,1-10H3/t23-,25+,26+,27-,28+,29+,32+,33-/m1/s1. The molecule has 0 spiro atoms. The highest BCUT2D eigenvalue weighted by Gasteiger charge is 2.59. The van der Waals surface area contributed by atoms with Gasteiger partial charge in [-0.2, -0.15) is 0 Å². The van der Waals surface area contributed by atoms with Crippen LogP contribution in [0.4, 0.5) is 0 Å². The van der Waals surface area contributed by atoms with Gasteiger partial charge in [0, 0.05) is 18.4 Å². The molecule has 0 N–H and O–H groups in total. The Balaban J connectivity index is 1.45. The Labute approximate surface area is 224 Å². The maximum absolute atomic E-state index is 12.3. The number of rotatable bonds is 7. The summed E-state index contributed by atoms with van der Waals surface area (Å²) in [5.41, 5.74) is 2.62. The van der Waals surface area contributed by atoms with E-state index < -0.39 is 8.32 Å². The summed E-state index contributed by atoms with van der Waals surface area (Å²) in [6.07, 6.45) is 15.7. The fourth-order valence-electron chi connectivity index (χ4n) is 9.16. The predicted molar refractivity (Wildman–Crippen MR) is 156 cm³/mol. The molecule has 0 unspecified atom stereocenters. The molecule has 3 fully saturated rings. The molecule has 0 bridgehead atoms. The number of hydrogen-bond donors (Lipinski definition) is 0. The number of allylic oxidation sites excluding steroid dienone is 1. The van der Waals surface area contributed by atoms with Crippen molar-refractivity contribution in [3.63, 3.8) is 0 Å². The Morgan fingerprint density at radius 1 is 1.06 bits per heavy atom. The van der Waals surface area contributed by atoms with Gasteiger partial charge in [0.1, 0.15) is 5.78 Å². The number of hydrogen-bond acceptors (Lipinski definition) is 2. The number of carbonyl (C=O) groups is 1. The van der Waals surface area contributed by atoms with Crippen molar-refractivity contribution in [3.05, 3.63) is 11.6 Å². The molecule has 0 aliphatic heterocycles. The highest BCUT2D eigenvalue weighted by molar-refractivity contribution is 6.74. The first-order chi connectivity index (χ1) is 16.6.